The molecule has 36 heavy (non-hydrogen) atoms. The predicted molar refractivity (Wildman–Crippen MR) is 136 cm³/mol. The van der Waals surface area contributed by atoms with Crippen LogP contribution in [-0.4, -0.2) is 79.2 Å². The van der Waals surface area contributed by atoms with E-state index < -0.39 is 9.84 Å². The smallest absolute Gasteiger partial charge is 0.348 e. The Morgan fingerprint density at radius 2 is 1.86 bits per heavy atom. The van der Waals surface area contributed by atoms with Crippen LogP contribution in [0.25, 0.3) is 0 Å². The molecule has 1 aromatic carbocycles. The van der Waals surface area contributed by atoms with Gasteiger partial charge in [0.15, 0.2) is 16.0 Å². The molecule has 2 amide bonds. The van der Waals surface area contributed by atoms with Gasteiger partial charge in [-0.2, -0.15) is 10.1 Å². The molecule has 0 spiro atoms. The van der Waals surface area contributed by atoms with Gasteiger partial charge in [0.1, 0.15) is 12.2 Å². The number of morpholine rings is 1. The van der Waals surface area contributed by atoms with E-state index in [1.807, 2.05) is 18.1 Å². The van der Waals surface area contributed by atoms with Crippen LogP contribution in [0.1, 0.15) is 36.7 Å². The summed E-state index contributed by atoms with van der Waals surface area (Å²) in [7, 11) is -1.52. The summed E-state index contributed by atoms with van der Waals surface area (Å²) in [4.78, 5) is 24.1. The molecule has 4 heterocycles. The van der Waals surface area contributed by atoms with Crippen molar-refractivity contribution in [3.63, 3.8) is 0 Å². The Bertz CT molecular complexity index is 1330. The number of carbonyl (C=O) groups is 1. The summed E-state index contributed by atoms with van der Waals surface area (Å²) < 4.78 is 29.7. The first-order chi connectivity index (χ1) is 17.0. The first-order valence-electron chi connectivity index (χ1n) is 11.7. The lowest BCUT2D eigenvalue weighted by Gasteiger charge is -2.39. The van der Waals surface area contributed by atoms with Crippen LogP contribution in [0.2, 0.25) is 5.02 Å². The fourth-order valence-corrected chi connectivity index (χ4v) is 6.00. The number of aromatic nitrogens is 1. The molecular formula is C24H29ClN6O4S. The quantitative estimate of drug-likeness (QED) is 0.583. The second-order valence-corrected chi connectivity index (χ2v) is 12.1. The summed E-state index contributed by atoms with van der Waals surface area (Å²) in [5.74, 6) is 0.536. The highest BCUT2D eigenvalue weighted by Crippen LogP contribution is 2.40. The molecule has 0 saturated carbocycles. The van der Waals surface area contributed by atoms with E-state index in [1.165, 1.54) is 22.0 Å². The van der Waals surface area contributed by atoms with Gasteiger partial charge < -0.3 is 9.64 Å². The first kappa shape index (κ1) is 24.9. The van der Waals surface area contributed by atoms with Crippen LogP contribution >= 0.6 is 11.6 Å². The zero-order chi connectivity index (χ0) is 25.8. The Balaban J connectivity index is 1.48. The molecule has 5 rings (SSSR count). The van der Waals surface area contributed by atoms with Gasteiger partial charge in [-0.05, 0) is 43.2 Å². The molecule has 10 nitrogen and oxygen atoms in total. The molecule has 3 atom stereocenters. The van der Waals surface area contributed by atoms with Crippen molar-refractivity contribution in [2.24, 2.45) is 5.10 Å². The number of ether oxygens (including phenoxy) is 1. The fourth-order valence-electron chi connectivity index (χ4n) is 5.05. The third kappa shape index (κ3) is 4.68. The molecule has 1 fully saturated rings. The van der Waals surface area contributed by atoms with Gasteiger partial charge in [-0.25, -0.2) is 18.2 Å². The van der Waals surface area contributed by atoms with Crippen LogP contribution in [0.5, 0.6) is 0 Å². The molecule has 3 aliphatic heterocycles. The van der Waals surface area contributed by atoms with Gasteiger partial charge in [0.2, 0.25) is 0 Å². The average Bonchev–Trinajstić information content (AvgIpc) is 3.18. The van der Waals surface area contributed by atoms with Crippen LogP contribution in [-0.2, 0) is 27.7 Å². The Labute approximate surface area is 216 Å². The summed E-state index contributed by atoms with van der Waals surface area (Å²) in [6.07, 6.45) is 4.50. The van der Waals surface area contributed by atoms with Crippen molar-refractivity contribution in [3.05, 3.63) is 52.2 Å². The van der Waals surface area contributed by atoms with Crippen LogP contribution in [0.3, 0.4) is 0 Å². The van der Waals surface area contributed by atoms with Crippen LogP contribution in [0.4, 0.5) is 10.6 Å². The minimum Gasteiger partial charge on any atom is -0.373 e. The Morgan fingerprint density at radius 3 is 2.53 bits per heavy atom. The number of nitrogens with zero attached hydrogens (tertiary/aromatic N) is 6. The van der Waals surface area contributed by atoms with Crippen molar-refractivity contribution < 1.29 is 17.9 Å². The maximum Gasteiger partial charge on any atom is 0.348 e. The molecule has 1 unspecified atom stereocenters. The summed E-state index contributed by atoms with van der Waals surface area (Å²) in [6.45, 7) is 6.69. The van der Waals surface area contributed by atoms with Gasteiger partial charge in [0.05, 0.1) is 23.6 Å². The Hall–Kier alpha value is -2.73. The molecule has 0 aliphatic carbocycles. The minimum atomic E-state index is -3.40. The molecule has 0 radical (unpaired) electrons. The van der Waals surface area contributed by atoms with Crippen LogP contribution in [0, 0.1) is 0 Å². The number of carbonyl (C=O) groups excluding carboxylic acids is 1. The van der Waals surface area contributed by atoms with Crippen molar-refractivity contribution >= 4 is 39.6 Å². The number of hydrogen-bond acceptors (Lipinski definition) is 8. The standard InChI is InChI=1S/C24H29ClN6O4S/c1-15-10-29(11-16(2)35-15)12-17-7-20-22(26-9-17)30(24(32)31-23(20)28(3)14-27-31)13-18-5-6-19(8-21(18)25)36(4,33)34/h5-9,14-16,23H,10-13H2,1-4H3/t15-,16+,23?. The summed E-state index contributed by atoms with van der Waals surface area (Å²) in [5, 5.41) is 6.02. The molecule has 1 aromatic heterocycles. The SMILES string of the molecule is C[C@@H]1CN(Cc2cnc3c(c2)C2N(C)C=NN2C(=O)N3Cc2ccc(S(C)(=O)=O)cc2Cl)C[C@H](C)O1. The number of anilines is 1. The molecular weight excluding hydrogens is 504 g/mol. The number of benzene rings is 1. The second kappa shape index (κ2) is 9.29. The normalized spacial score (nSPS) is 24.3. The third-order valence-corrected chi connectivity index (χ3v) is 8.03. The van der Waals surface area contributed by atoms with E-state index in [9.17, 15) is 13.2 Å². The number of urea groups is 1. The third-order valence-electron chi connectivity index (χ3n) is 6.57. The van der Waals surface area contributed by atoms with Crippen molar-refractivity contribution in [3.8, 4) is 0 Å². The maximum atomic E-state index is 13.4. The monoisotopic (exact) mass is 532 g/mol. The molecule has 1 saturated heterocycles. The van der Waals surface area contributed by atoms with E-state index in [2.05, 4.69) is 29.9 Å². The van der Waals surface area contributed by atoms with Crippen molar-refractivity contribution in [2.75, 3.05) is 31.3 Å². The fraction of sp³-hybridized carbons (Fsp3) is 0.458. The van der Waals surface area contributed by atoms with E-state index in [4.69, 9.17) is 21.3 Å². The lowest BCUT2D eigenvalue weighted by Crippen LogP contribution is -2.48. The molecule has 0 bridgehead atoms. The molecule has 3 aliphatic rings. The topological polar surface area (TPSA) is 98.7 Å². The van der Waals surface area contributed by atoms with E-state index in [0.717, 1.165) is 37.0 Å². The number of pyridine rings is 1. The van der Waals surface area contributed by atoms with Crippen molar-refractivity contribution in [1.29, 1.82) is 0 Å². The Kier molecular flexibility index (Phi) is 6.44. The predicted octanol–water partition coefficient (Wildman–Crippen LogP) is 3.08. The van der Waals surface area contributed by atoms with E-state index >= 15 is 0 Å². The van der Waals surface area contributed by atoms with Gasteiger partial charge in [0, 0.05) is 49.7 Å². The first-order valence-corrected chi connectivity index (χ1v) is 14.0. The molecule has 192 valence electrons. The summed E-state index contributed by atoms with van der Waals surface area (Å²) >= 11 is 6.43. The average molecular weight is 533 g/mol. The number of hydrogen-bond donors (Lipinski definition) is 0. The highest BCUT2D eigenvalue weighted by Gasteiger charge is 2.43. The van der Waals surface area contributed by atoms with Crippen LogP contribution < -0.4 is 4.90 Å². The number of rotatable bonds is 5. The van der Waals surface area contributed by atoms with E-state index in [0.29, 0.717) is 11.4 Å². The number of fused-ring (bicyclic) bond motifs is 3. The van der Waals surface area contributed by atoms with Crippen molar-refractivity contribution in [1.82, 2.24) is 19.8 Å². The minimum absolute atomic E-state index is 0.127. The number of hydrazone groups is 1. The maximum absolute atomic E-state index is 13.4. The van der Waals surface area contributed by atoms with Gasteiger partial charge in [-0.3, -0.25) is 9.80 Å². The lowest BCUT2D eigenvalue weighted by molar-refractivity contribution is -0.0705. The molecule has 0 N–H and O–H groups in total. The Morgan fingerprint density at radius 1 is 1.14 bits per heavy atom. The largest absolute Gasteiger partial charge is 0.373 e. The van der Waals surface area contributed by atoms with Gasteiger partial charge in [0.25, 0.3) is 0 Å². The number of halogens is 1. The second-order valence-electron chi connectivity index (χ2n) is 9.72. The zero-order valence-corrected chi connectivity index (χ0v) is 22.2. The molecule has 12 heteroatoms. The van der Waals surface area contributed by atoms with E-state index in [1.54, 1.807) is 12.4 Å². The summed E-state index contributed by atoms with van der Waals surface area (Å²) in [5.41, 5.74) is 2.52. The lowest BCUT2D eigenvalue weighted by atomic mass is 10.1. The zero-order valence-electron chi connectivity index (χ0n) is 20.6. The number of amides is 2. The highest BCUT2D eigenvalue weighted by molar-refractivity contribution is 7.90. The highest BCUT2D eigenvalue weighted by atomic mass is 35.5. The molecule has 2 aromatic rings. The number of sulfone groups is 1. The van der Waals surface area contributed by atoms with E-state index in [-0.39, 0.29) is 40.9 Å². The van der Waals surface area contributed by atoms with Gasteiger partial charge in [-0.1, -0.05) is 17.7 Å². The van der Waals surface area contributed by atoms with Crippen molar-refractivity contribution in [2.45, 2.75) is 50.2 Å². The van der Waals surface area contributed by atoms with Crippen LogP contribution in [0.15, 0.2) is 40.5 Å². The van der Waals surface area contributed by atoms with Gasteiger partial charge >= 0.3 is 6.03 Å². The van der Waals surface area contributed by atoms with Gasteiger partial charge in [-0.15, -0.1) is 0 Å². The summed E-state index contributed by atoms with van der Waals surface area (Å²) in [6, 6.07) is 6.30.